The largest absolute Gasteiger partial charge is 0.461 e. The summed E-state index contributed by atoms with van der Waals surface area (Å²) in [5.41, 5.74) is 15.9. The number of ether oxygens (including phenoxy) is 1. The number of hydrogen-bond donors (Lipinski definition) is 3. The van der Waals surface area contributed by atoms with Crippen LogP contribution in [0.5, 0.6) is 0 Å². The van der Waals surface area contributed by atoms with Crippen LogP contribution in [0.2, 0.25) is 0 Å². The maximum atomic E-state index is 12.6. The SMILES string of the molecule is CC(C)CCCC(C)C1CCC2C3CC=C4CC(C(CCC(=O)OCc5cc(N)cc(N)c5)OO)CCC4(C)C3CCC12C. The molecule has 0 spiro atoms. The average Bonchev–Trinajstić information content (AvgIpc) is 3.33. The van der Waals surface area contributed by atoms with E-state index in [2.05, 4.69) is 40.7 Å². The van der Waals surface area contributed by atoms with Gasteiger partial charge in [0.15, 0.2) is 0 Å². The monoisotopic (exact) mass is 608 g/mol. The first-order valence-electron chi connectivity index (χ1n) is 17.7. The summed E-state index contributed by atoms with van der Waals surface area (Å²) in [5.74, 6) is 4.87. The van der Waals surface area contributed by atoms with Gasteiger partial charge in [-0.1, -0.05) is 65.5 Å². The van der Waals surface area contributed by atoms with E-state index >= 15 is 0 Å². The molecule has 246 valence electrons. The van der Waals surface area contributed by atoms with Crippen LogP contribution in [-0.2, 0) is 21.0 Å². The highest BCUT2D eigenvalue weighted by molar-refractivity contribution is 5.69. The lowest BCUT2D eigenvalue weighted by molar-refractivity contribution is -0.293. The molecule has 4 aliphatic carbocycles. The summed E-state index contributed by atoms with van der Waals surface area (Å²) in [6, 6.07) is 5.20. The minimum absolute atomic E-state index is 0.133. The molecular weight excluding hydrogens is 548 g/mol. The molecule has 4 aliphatic rings. The summed E-state index contributed by atoms with van der Waals surface area (Å²) in [6.45, 7) is 12.6. The van der Waals surface area contributed by atoms with Gasteiger partial charge in [0.05, 0.1) is 6.10 Å². The van der Waals surface area contributed by atoms with Crippen LogP contribution in [0, 0.1) is 52.3 Å². The Hall–Kier alpha value is -2.05. The van der Waals surface area contributed by atoms with Gasteiger partial charge in [0, 0.05) is 17.8 Å². The molecule has 5 rings (SSSR count). The van der Waals surface area contributed by atoms with Crippen molar-refractivity contribution in [1.82, 2.24) is 0 Å². The van der Waals surface area contributed by atoms with Gasteiger partial charge in [-0.25, -0.2) is 4.89 Å². The van der Waals surface area contributed by atoms with Crippen LogP contribution in [0.3, 0.4) is 0 Å². The van der Waals surface area contributed by atoms with Crippen molar-refractivity contribution in [2.24, 2.45) is 52.3 Å². The topological polar surface area (TPSA) is 108 Å². The Morgan fingerprint density at radius 1 is 0.977 bits per heavy atom. The van der Waals surface area contributed by atoms with Crippen LogP contribution in [0.25, 0.3) is 0 Å². The Labute approximate surface area is 266 Å². The van der Waals surface area contributed by atoms with Gasteiger partial charge < -0.3 is 16.2 Å². The van der Waals surface area contributed by atoms with Gasteiger partial charge in [-0.2, -0.15) is 0 Å². The number of benzene rings is 1. The van der Waals surface area contributed by atoms with E-state index in [-0.39, 0.29) is 36.4 Å². The third kappa shape index (κ3) is 6.87. The normalized spacial score (nSPS) is 34.4. The summed E-state index contributed by atoms with van der Waals surface area (Å²) in [4.78, 5) is 17.6. The highest BCUT2D eigenvalue weighted by Crippen LogP contribution is 2.67. The maximum absolute atomic E-state index is 12.6. The van der Waals surface area contributed by atoms with Gasteiger partial charge in [0.2, 0.25) is 0 Å². The fraction of sp³-hybridized carbons (Fsp3) is 0.763. The van der Waals surface area contributed by atoms with Crippen molar-refractivity contribution < 1.29 is 19.7 Å². The minimum Gasteiger partial charge on any atom is -0.461 e. The zero-order valence-corrected chi connectivity index (χ0v) is 28.2. The van der Waals surface area contributed by atoms with Gasteiger partial charge in [-0.3, -0.25) is 10.1 Å². The van der Waals surface area contributed by atoms with Gasteiger partial charge in [-0.05, 0) is 134 Å². The van der Waals surface area contributed by atoms with Crippen LogP contribution < -0.4 is 11.5 Å². The number of esters is 1. The molecule has 6 heteroatoms. The number of nitrogens with two attached hydrogens (primary N) is 2. The number of fused-ring (bicyclic) bond motifs is 5. The second-order valence-corrected chi connectivity index (χ2v) is 16.1. The molecule has 5 N–H and O–H groups in total. The molecule has 1 aromatic carbocycles. The lowest BCUT2D eigenvalue weighted by Gasteiger charge is -2.59. The highest BCUT2D eigenvalue weighted by Gasteiger charge is 2.59. The van der Waals surface area contributed by atoms with E-state index in [1.54, 1.807) is 23.8 Å². The standard InChI is InChI=1S/C38H60N2O4/c1-24(2)7-6-8-25(3)32-11-12-33-31-10-9-28-21-27(15-17-37(28,4)34(31)16-18-38(32,33)5)35(44-42)13-14-36(41)43-23-26-19-29(39)22-30(40)20-26/h9,19-20,22,24-25,27,31-35,42H,6-8,10-18,21,23,39-40H2,1-5H3. The minimum atomic E-state index is -0.365. The molecule has 0 heterocycles. The second kappa shape index (κ2) is 13.7. The first-order chi connectivity index (χ1) is 20.9. The van der Waals surface area contributed by atoms with Crippen molar-refractivity contribution in [2.75, 3.05) is 11.5 Å². The molecule has 0 aliphatic heterocycles. The fourth-order valence-corrected chi connectivity index (χ4v) is 10.7. The number of hydrogen-bond acceptors (Lipinski definition) is 6. The summed E-state index contributed by atoms with van der Waals surface area (Å²) >= 11 is 0. The molecule has 9 atom stereocenters. The first kappa shape index (κ1) is 33.3. The van der Waals surface area contributed by atoms with Crippen molar-refractivity contribution in [1.29, 1.82) is 0 Å². The summed E-state index contributed by atoms with van der Waals surface area (Å²) < 4.78 is 5.48. The van der Waals surface area contributed by atoms with Crippen LogP contribution in [0.1, 0.15) is 124 Å². The Bertz CT molecular complexity index is 1160. The van der Waals surface area contributed by atoms with Crippen molar-refractivity contribution in [3.63, 3.8) is 0 Å². The quantitative estimate of drug-likeness (QED) is 0.0718. The Morgan fingerprint density at radius 3 is 2.43 bits per heavy atom. The third-order valence-electron chi connectivity index (χ3n) is 13.1. The van der Waals surface area contributed by atoms with E-state index in [4.69, 9.17) is 21.1 Å². The molecule has 0 aromatic heterocycles. The second-order valence-electron chi connectivity index (χ2n) is 16.1. The van der Waals surface area contributed by atoms with E-state index in [1.807, 2.05) is 0 Å². The van der Waals surface area contributed by atoms with E-state index in [9.17, 15) is 10.1 Å². The zero-order valence-electron chi connectivity index (χ0n) is 28.2. The number of nitrogen functional groups attached to an aromatic ring is 2. The maximum Gasteiger partial charge on any atom is 0.306 e. The first-order valence-corrected chi connectivity index (χ1v) is 17.7. The predicted molar refractivity (Wildman–Crippen MR) is 178 cm³/mol. The predicted octanol–water partition coefficient (Wildman–Crippen LogP) is 9.19. The Balaban J connectivity index is 1.17. The fourth-order valence-electron chi connectivity index (χ4n) is 10.7. The van der Waals surface area contributed by atoms with Crippen molar-refractivity contribution in [3.05, 3.63) is 35.4 Å². The molecule has 0 bridgehead atoms. The average molecular weight is 609 g/mol. The zero-order chi connectivity index (χ0) is 31.6. The summed E-state index contributed by atoms with van der Waals surface area (Å²) in [7, 11) is 0. The molecule has 3 saturated carbocycles. The van der Waals surface area contributed by atoms with Crippen LogP contribution >= 0.6 is 0 Å². The Kier molecular flexibility index (Phi) is 10.4. The van der Waals surface area contributed by atoms with Gasteiger partial charge in [0.25, 0.3) is 0 Å². The number of allylic oxidation sites excluding steroid dienone is 2. The third-order valence-corrected chi connectivity index (χ3v) is 13.1. The summed E-state index contributed by atoms with van der Waals surface area (Å²) in [5, 5.41) is 9.89. The van der Waals surface area contributed by atoms with E-state index in [0.717, 1.165) is 60.3 Å². The van der Waals surface area contributed by atoms with Gasteiger partial charge >= 0.3 is 5.97 Å². The molecular formula is C38H60N2O4. The molecule has 0 amide bonds. The van der Waals surface area contributed by atoms with Gasteiger partial charge in [-0.15, -0.1) is 0 Å². The number of anilines is 2. The van der Waals surface area contributed by atoms with Gasteiger partial charge in [0.1, 0.15) is 6.61 Å². The number of carbonyl (C=O) groups is 1. The van der Waals surface area contributed by atoms with Crippen LogP contribution in [0.15, 0.2) is 29.8 Å². The van der Waals surface area contributed by atoms with Crippen LogP contribution in [0.4, 0.5) is 11.4 Å². The van der Waals surface area contributed by atoms with Crippen molar-refractivity contribution in [2.45, 2.75) is 131 Å². The number of carbonyl (C=O) groups excluding carboxylic acids is 1. The molecule has 0 saturated heterocycles. The number of rotatable bonds is 12. The molecule has 3 fully saturated rings. The van der Waals surface area contributed by atoms with Crippen LogP contribution in [-0.4, -0.2) is 17.3 Å². The van der Waals surface area contributed by atoms with Crippen molar-refractivity contribution >= 4 is 17.3 Å². The van der Waals surface area contributed by atoms with E-state index < -0.39 is 0 Å². The Morgan fingerprint density at radius 2 is 1.73 bits per heavy atom. The summed E-state index contributed by atoms with van der Waals surface area (Å²) in [6.07, 6.45) is 16.9. The molecule has 6 nitrogen and oxygen atoms in total. The lowest BCUT2D eigenvalue weighted by Crippen LogP contribution is -2.51. The molecule has 44 heavy (non-hydrogen) atoms. The van der Waals surface area contributed by atoms with E-state index in [1.165, 1.54) is 51.4 Å². The molecule has 1 aromatic rings. The van der Waals surface area contributed by atoms with Crippen molar-refractivity contribution in [3.8, 4) is 0 Å². The lowest BCUT2D eigenvalue weighted by atomic mass is 9.46. The van der Waals surface area contributed by atoms with E-state index in [0.29, 0.717) is 23.2 Å². The smallest absolute Gasteiger partial charge is 0.306 e. The molecule has 9 unspecified atom stereocenters. The highest BCUT2D eigenvalue weighted by atomic mass is 17.1. The molecule has 0 radical (unpaired) electrons.